The Kier molecular flexibility index (Phi) is 5.77. The molecule has 1 aromatic heterocycles. The molecule has 3 heterocycles. The highest BCUT2D eigenvalue weighted by atomic mass is 16.2. The van der Waals surface area contributed by atoms with Crippen LogP contribution in [0.2, 0.25) is 0 Å². The van der Waals surface area contributed by atoms with Gasteiger partial charge in [-0.15, -0.1) is 0 Å². The average molecular weight is 414 g/mol. The Balaban J connectivity index is 1.36. The molecule has 4 rings (SSSR count). The van der Waals surface area contributed by atoms with Gasteiger partial charge in [0.15, 0.2) is 0 Å². The molecule has 1 aromatic rings. The zero-order chi connectivity index (χ0) is 21.3. The number of nitrogens with one attached hydrogen (secondary N) is 2. The van der Waals surface area contributed by atoms with Crippen molar-refractivity contribution in [2.75, 3.05) is 25.1 Å². The topological polar surface area (TPSA) is 94.6 Å². The monoisotopic (exact) mass is 413 g/mol. The second-order valence-corrected chi connectivity index (χ2v) is 9.14. The Morgan fingerprint density at radius 3 is 2.77 bits per heavy atom. The van der Waals surface area contributed by atoms with Crippen LogP contribution in [0.25, 0.3) is 0 Å². The Bertz CT molecular complexity index is 834. The number of anilines is 1. The van der Waals surface area contributed by atoms with Crippen molar-refractivity contribution >= 4 is 23.7 Å². The smallest absolute Gasteiger partial charge is 0.323 e. The molecule has 162 valence electrons. The summed E-state index contributed by atoms with van der Waals surface area (Å²) in [5, 5.41) is 5.87. The average Bonchev–Trinajstić information content (AvgIpc) is 2.95. The maximum atomic E-state index is 13.1. The summed E-state index contributed by atoms with van der Waals surface area (Å²) in [5.74, 6) is 0.798. The van der Waals surface area contributed by atoms with Gasteiger partial charge in [-0.3, -0.25) is 14.5 Å². The molecule has 1 spiro atoms. The molecular formula is C22H31N5O3. The second kappa shape index (κ2) is 8.34. The highest BCUT2D eigenvalue weighted by Crippen LogP contribution is 2.36. The third-order valence-electron chi connectivity index (χ3n) is 6.73. The Morgan fingerprint density at radius 1 is 1.27 bits per heavy atom. The lowest BCUT2D eigenvalue weighted by atomic mass is 9.77. The molecule has 2 N–H and O–H groups in total. The van der Waals surface area contributed by atoms with Crippen LogP contribution in [0, 0.1) is 18.8 Å². The van der Waals surface area contributed by atoms with Gasteiger partial charge in [-0.1, -0.05) is 13.0 Å². The molecule has 1 atom stereocenters. The van der Waals surface area contributed by atoms with Crippen LogP contribution in [-0.4, -0.2) is 57.9 Å². The van der Waals surface area contributed by atoms with Crippen LogP contribution >= 0.6 is 0 Å². The van der Waals surface area contributed by atoms with Crippen LogP contribution in [0.15, 0.2) is 18.2 Å². The molecule has 0 bridgehead atoms. The molecule has 2 aliphatic heterocycles. The van der Waals surface area contributed by atoms with Crippen LogP contribution in [0.4, 0.5) is 10.6 Å². The zero-order valence-electron chi connectivity index (χ0n) is 17.8. The number of hydrogen-bond donors (Lipinski definition) is 2. The van der Waals surface area contributed by atoms with E-state index in [0.717, 1.165) is 37.9 Å². The summed E-state index contributed by atoms with van der Waals surface area (Å²) in [5.41, 5.74) is 0.134. The number of piperidine rings is 1. The summed E-state index contributed by atoms with van der Waals surface area (Å²) in [4.78, 5) is 46.1. The molecule has 4 amide bonds. The van der Waals surface area contributed by atoms with Crippen LogP contribution in [0.3, 0.4) is 0 Å². The number of nitrogens with zero attached hydrogens (tertiary/aromatic N) is 3. The lowest BCUT2D eigenvalue weighted by molar-refractivity contribution is -0.134. The lowest BCUT2D eigenvalue weighted by Crippen LogP contribution is -2.51. The fraction of sp³-hybridized carbons (Fsp3) is 0.636. The number of carbonyl (C=O) groups excluding carboxylic acids is 3. The molecule has 0 radical (unpaired) electrons. The SMILES string of the molecule is Cc1cccc(NC(=O)C2CCCN(CN3C(=O)NC4(CCC(C)CC4)C3=O)C2)n1. The van der Waals surface area contributed by atoms with Crippen LogP contribution in [-0.2, 0) is 9.59 Å². The fourth-order valence-electron chi connectivity index (χ4n) is 4.84. The Morgan fingerprint density at radius 2 is 2.03 bits per heavy atom. The predicted octanol–water partition coefficient (Wildman–Crippen LogP) is 2.50. The number of pyridine rings is 1. The van der Waals surface area contributed by atoms with Gasteiger partial charge in [0.05, 0.1) is 12.6 Å². The highest BCUT2D eigenvalue weighted by molar-refractivity contribution is 6.07. The summed E-state index contributed by atoms with van der Waals surface area (Å²) >= 11 is 0. The molecule has 1 unspecified atom stereocenters. The Hall–Kier alpha value is -2.48. The van der Waals surface area contributed by atoms with Crippen molar-refractivity contribution in [2.24, 2.45) is 11.8 Å². The molecule has 0 aromatic carbocycles. The van der Waals surface area contributed by atoms with Crippen molar-refractivity contribution in [3.63, 3.8) is 0 Å². The van der Waals surface area contributed by atoms with E-state index in [4.69, 9.17) is 0 Å². The van der Waals surface area contributed by atoms with E-state index in [1.807, 2.05) is 24.0 Å². The lowest BCUT2D eigenvalue weighted by Gasteiger charge is -2.35. The number of hydrogen-bond acceptors (Lipinski definition) is 5. The van der Waals surface area contributed by atoms with Gasteiger partial charge < -0.3 is 10.6 Å². The number of aromatic nitrogens is 1. The first-order valence-corrected chi connectivity index (χ1v) is 11.0. The molecule has 2 saturated heterocycles. The molecule has 3 fully saturated rings. The van der Waals surface area contributed by atoms with Gasteiger partial charge in [-0.05, 0) is 70.0 Å². The van der Waals surface area contributed by atoms with Crippen LogP contribution in [0.5, 0.6) is 0 Å². The molecule has 1 aliphatic carbocycles. The molecule has 8 nitrogen and oxygen atoms in total. The van der Waals surface area contributed by atoms with Gasteiger partial charge in [-0.25, -0.2) is 14.7 Å². The molecule has 30 heavy (non-hydrogen) atoms. The minimum Gasteiger partial charge on any atom is -0.323 e. The molecule has 8 heteroatoms. The van der Waals surface area contributed by atoms with Crippen LogP contribution in [0.1, 0.15) is 51.1 Å². The summed E-state index contributed by atoms with van der Waals surface area (Å²) in [6.07, 6.45) is 4.98. The summed E-state index contributed by atoms with van der Waals surface area (Å²) < 4.78 is 0. The first-order chi connectivity index (χ1) is 14.4. The van der Waals surface area contributed by atoms with Crippen molar-refractivity contribution in [1.82, 2.24) is 20.1 Å². The summed E-state index contributed by atoms with van der Waals surface area (Å²) in [7, 11) is 0. The number of urea groups is 1. The van der Waals surface area contributed by atoms with Gasteiger partial charge in [0, 0.05) is 12.2 Å². The standard InChI is InChI=1S/C22H31N5O3/c1-15-8-10-22(11-9-15)20(29)27(21(30)25-22)14-26-12-4-6-17(13-26)19(28)24-18-7-3-5-16(2)23-18/h3,5,7,15,17H,4,6,8-14H2,1-2H3,(H,25,30)(H,23,24,28). The van der Waals surface area contributed by atoms with Crippen LogP contribution < -0.4 is 10.6 Å². The maximum absolute atomic E-state index is 13.1. The number of carbonyl (C=O) groups is 3. The number of rotatable bonds is 4. The third-order valence-corrected chi connectivity index (χ3v) is 6.73. The summed E-state index contributed by atoms with van der Waals surface area (Å²) in [6, 6.07) is 5.23. The maximum Gasteiger partial charge on any atom is 0.326 e. The highest BCUT2D eigenvalue weighted by Gasteiger charge is 2.52. The van der Waals surface area contributed by atoms with Gasteiger partial charge in [-0.2, -0.15) is 0 Å². The second-order valence-electron chi connectivity index (χ2n) is 9.14. The minimum absolute atomic E-state index is 0.0623. The third kappa shape index (κ3) is 4.19. The van der Waals surface area contributed by atoms with Crippen molar-refractivity contribution in [2.45, 2.75) is 57.9 Å². The molecular weight excluding hydrogens is 382 g/mol. The van der Waals surface area contributed by atoms with E-state index in [-0.39, 0.29) is 30.4 Å². The predicted molar refractivity (Wildman–Crippen MR) is 113 cm³/mol. The van der Waals surface area contributed by atoms with Gasteiger partial charge in [0.1, 0.15) is 11.4 Å². The normalized spacial score (nSPS) is 29.9. The summed E-state index contributed by atoms with van der Waals surface area (Å²) in [6.45, 7) is 5.62. The number of likely N-dealkylation sites (tertiary alicyclic amines) is 1. The quantitative estimate of drug-likeness (QED) is 0.740. The Labute approximate surface area is 177 Å². The van der Waals surface area contributed by atoms with Gasteiger partial charge in [0.2, 0.25) is 5.91 Å². The minimum atomic E-state index is -0.715. The number of aryl methyl sites for hydroxylation is 1. The van der Waals surface area contributed by atoms with Crippen molar-refractivity contribution in [3.8, 4) is 0 Å². The van der Waals surface area contributed by atoms with Crippen molar-refractivity contribution in [3.05, 3.63) is 23.9 Å². The molecule has 3 aliphatic rings. The molecule has 1 saturated carbocycles. The first-order valence-electron chi connectivity index (χ1n) is 11.0. The number of imide groups is 1. The van der Waals surface area contributed by atoms with Crippen molar-refractivity contribution in [1.29, 1.82) is 0 Å². The first kappa shape index (κ1) is 20.8. The largest absolute Gasteiger partial charge is 0.326 e. The van der Waals surface area contributed by atoms with E-state index in [1.54, 1.807) is 6.07 Å². The van der Waals surface area contributed by atoms with Gasteiger partial charge >= 0.3 is 6.03 Å². The van der Waals surface area contributed by atoms with E-state index < -0.39 is 5.54 Å². The van der Waals surface area contributed by atoms with E-state index in [0.29, 0.717) is 31.1 Å². The van der Waals surface area contributed by atoms with E-state index in [9.17, 15) is 14.4 Å². The van der Waals surface area contributed by atoms with E-state index in [1.165, 1.54) is 4.90 Å². The van der Waals surface area contributed by atoms with E-state index in [2.05, 4.69) is 22.5 Å². The van der Waals surface area contributed by atoms with E-state index >= 15 is 0 Å². The zero-order valence-corrected chi connectivity index (χ0v) is 17.8. The van der Waals surface area contributed by atoms with Gasteiger partial charge in [0.25, 0.3) is 5.91 Å². The van der Waals surface area contributed by atoms with Crippen molar-refractivity contribution < 1.29 is 14.4 Å². The fourth-order valence-corrected chi connectivity index (χ4v) is 4.84. The number of amides is 4.